The normalized spacial score (nSPS) is 11.3. The van der Waals surface area contributed by atoms with Crippen LogP contribution in [0.2, 0.25) is 0 Å². The minimum Gasteiger partial charge on any atom is -0.490 e. The predicted molar refractivity (Wildman–Crippen MR) is 100 cm³/mol. The Balaban J connectivity index is 2.12. The SMILES string of the molecule is CC(C)Oc1ccccc1-c1c2ccccc2nc2ccccc12. The van der Waals surface area contributed by atoms with Gasteiger partial charge in [0, 0.05) is 21.9 Å². The summed E-state index contributed by atoms with van der Waals surface area (Å²) in [5, 5.41) is 2.30. The summed E-state index contributed by atoms with van der Waals surface area (Å²) in [4.78, 5) is 4.81. The number of fused-ring (bicyclic) bond motifs is 2. The summed E-state index contributed by atoms with van der Waals surface area (Å²) in [7, 11) is 0. The monoisotopic (exact) mass is 313 g/mol. The lowest BCUT2D eigenvalue weighted by atomic mass is 9.95. The molecule has 0 unspecified atom stereocenters. The fourth-order valence-electron chi connectivity index (χ4n) is 3.16. The minimum absolute atomic E-state index is 0.130. The van der Waals surface area contributed by atoms with Crippen molar-refractivity contribution in [3.63, 3.8) is 0 Å². The molecule has 0 radical (unpaired) electrons. The molecular weight excluding hydrogens is 294 g/mol. The van der Waals surface area contributed by atoms with Gasteiger partial charge in [-0.05, 0) is 32.0 Å². The van der Waals surface area contributed by atoms with Crippen LogP contribution in [0.25, 0.3) is 32.9 Å². The molecular formula is C22H19NO. The Hall–Kier alpha value is -2.87. The quantitative estimate of drug-likeness (QED) is 0.443. The molecule has 118 valence electrons. The molecule has 2 nitrogen and oxygen atoms in total. The number of hydrogen-bond donors (Lipinski definition) is 0. The molecule has 1 heterocycles. The Morgan fingerprint density at radius 2 is 1.25 bits per heavy atom. The summed E-state index contributed by atoms with van der Waals surface area (Å²) < 4.78 is 6.08. The molecule has 1 aromatic heterocycles. The van der Waals surface area contributed by atoms with E-state index in [-0.39, 0.29) is 6.10 Å². The molecule has 2 heteroatoms. The third kappa shape index (κ3) is 2.50. The summed E-state index contributed by atoms with van der Waals surface area (Å²) in [5.41, 5.74) is 4.31. The number of pyridine rings is 1. The van der Waals surface area contributed by atoms with Crippen molar-refractivity contribution < 1.29 is 4.74 Å². The molecule has 0 fully saturated rings. The van der Waals surface area contributed by atoms with E-state index in [4.69, 9.17) is 9.72 Å². The van der Waals surface area contributed by atoms with Crippen molar-refractivity contribution in [2.45, 2.75) is 20.0 Å². The van der Waals surface area contributed by atoms with Crippen molar-refractivity contribution in [3.05, 3.63) is 72.8 Å². The van der Waals surface area contributed by atoms with Crippen LogP contribution in [0.3, 0.4) is 0 Å². The summed E-state index contributed by atoms with van der Waals surface area (Å²) >= 11 is 0. The standard InChI is InChI=1S/C22H19NO/c1-15(2)24-21-14-8-5-11-18(21)22-16-9-3-6-12-19(16)23-20-13-7-4-10-17(20)22/h3-15H,1-2H3. The molecule has 0 aliphatic carbocycles. The van der Waals surface area contributed by atoms with Crippen LogP contribution in [-0.2, 0) is 0 Å². The lowest BCUT2D eigenvalue weighted by Crippen LogP contribution is -2.06. The second-order valence-electron chi connectivity index (χ2n) is 6.18. The third-order valence-corrected chi connectivity index (χ3v) is 4.11. The van der Waals surface area contributed by atoms with Gasteiger partial charge in [0.1, 0.15) is 5.75 Å². The summed E-state index contributed by atoms with van der Waals surface area (Å²) in [6.45, 7) is 4.11. The summed E-state index contributed by atoms with van der Waals surface area (Å²) in [5.74, 6) is 0.911. The fraction of sp³-hybridized carbons (Fsp3) is 0.136. The zero-order valence-electron chi connectivity index (χ0n) is 13.9. The molecule has 0 saturated carbocycles. The number of rotatable bonds is 3. The topological polar surface area (TPSA) is 22.1 Å². The average molecular weight is 313 g/mol. The Morgan fingerprint density at radius 1 is 0.708 bits per heavy atom. The lowest BCUT2D eigenvalue weighted by molar-refractivity contribution is 0.243. The van der Waals surface area contributed by atoms with Crippen LogP contribution in [0, 0.1) is 0 Å². The maximum atomic E-state index is 6.08. The first-order chi connectivity index (χ1) is 11.7. The van der Waals surface area contributed by atoms with Gasteiger partial charge in [-0.1, -0.05) is 54.6 Å². The van der Waals surface area contributed by atoms with Gasteiger partial charge in [0.2, 0.25) is 0 Å². The molecule has 0 amide bonds. The highest BCUT2D eigenvalue weighted by Crippen LogP contribution is 2.39. The van der Waals surface area contributed by atoms with E-state index in [0.717, 1.165) is 33.1 Å². The van der Waals surface area contributed by atoms with E-state index >= 15 is 0 Å². The first kappa shape index (κ1) is 14.7. The van der Waals surface area contributed by atoms with Crippen LogP contribution in [0.1, 0.15) is 13.8 Å². The second kappa shape index (κ2) is 5.97. The Bertz CT molecular complexity index is 966. The Labute approximate surface area is 141 Å². The van der Waals surface area contributed by atoms with E-state index in [2.05, 4.69) is 62.4 Å². The molecule has 4 rings (SSSR count). The van der Waals surface area contributed by atoms with Crippen LogP contribution in [-0.4, -0.2) is 11.1 Å². The molecule has 0 atom stereocenters. The van der Waals surface area contributed by atoms with E-state index in [9.17, 15) is 0 Å². The van der Waals surface area contributed by atoms with Crippen molar-refractivity contribution >= 4 is 21.8 Å². The largest absolute Gasteiger partial charge is 0.490 e. The zero-order chi connectivity index (χ0) is 16.5. The summed E-state index contributed by atoms with van der Waals surface area (Å²) in [6.07, 6.45) is 0.130. The van der Waals surface area contributed by atoms with E-state index < -0.39 is 0 Å². The van der Waals surface area contributed by atoms with Gasteiger partial charge in [0.15, 0.2) is 0 Å². The van der Waals surface area contributed by atoms with E-state index in [1.165, 1.54) is 5.56 Å². The van der Waals surface area contributed by atoms with E-state index in [1.807, 2.05) is 24.3 Å². The second-order valence-corrected chi connectivity index (χ2v) is 6.18. The molecule has 3 aromatic carbocycles. The highest BCUT2D eigenvalue weighted by atomic mass is 16.5. The van der Waals surface area contributed by atoms with Gasteiger partial charge in [-0.15, -0.1) is 0 Å². The molecule has 24 heavy (non-hydrogen) atoms. The highest BCUT2D eigenvalue weighted by molar-refractivity contribution is 6.10. The van der Waals surface area contributed by atoms with Crippen molar-refractivity contribution in [2.75, 3.05) is 0 Å². The number of para-hydroxylation sites is 3. The van der Waals surface area contributed by atoms with E-state index in [1.54, 1.807) is 0 Å². The van der Waals surface area contributed by atoms with Crippen LogP contribution in [0.5, 0.6) is 5.75 Å². The smallest absolute Gasteiger partial charge is 0.127 e. The average Bonchev–Trinajstić information content (AvgIpc) is 2.60. The minimum atomic E-state index is 0.130. The maximum Gasteiger partial charge on any atom is 0.127 e. The number of ether oxygens (including phenoxy) is 1. The van der Waals surface area contributed by atoms with Crippen LogP contribution in [0.4, 0.5) is 0 Å². The van der Waals surface area contributed by atoms with Gasteiger partial charge in [0.25, 0.3) is 0 Å². The van der Waals surface area contributed by atoms with Crippen molar-refractivity contribution in [3.8, 4) is 16.9 Å². The third-order valence-electron chi connectivity index (χ3n) is 4.11. The molecule has 4 aromatic rings. The lowest BCUT2D eigenvalue weighted by Gasteiger charge is -2.17. The number of benzene rings is 3. The first-order valence-electron chi connectivity index (χ1n) is 8.27. The Morgan fingerprint density at radius 3 is 1.88 bits per heavy atom. The van der Waals surface area contributed by atoms with Gasteiger partial charge < -0.3 is 4.74 Å². The molecule has 0 saturated heterocycles. The van der Waals surface area contributed by atoms with Gasteiger partial charge >= 0.3 is 0 Å². The molecule has 0 N–H and O–H groups in total. The highest BCUT2D eigenvalue weighted by Gasteiger charge is 2.15. The number of nitrogens with zero attached hydrogens (tertiary/aromatic N) is 1. The van der Waals surface area contributed by atoms with Crippen molar-refractivity contribution in [1.82, 2.24) is 4.98 Å². The van der Waals surface area contributed by atoms with Crippen molar-refractivity contribution in [1.29, 1.82) is 0 Å². The van der Waals surface area contributed by atoms with Gasteiger partial charge in [0.05, 0.1) is 17.1 Å². The molecule has 0 bridgehead atoms. The first-order valence-corrected chi connectivity index (χ1v) is 8.27. The van der Waals surface area contributed by atoms with Crippen LogP contribution in [0.15, 0.2) is 72.8 Å². The molecule has 0 spiro atoms. The predicted octanol–water partition coefficient (Wildman–Crippen LogP) is 5.84. The maximum absolute atomic E-state index is 6.08. The molecule has 0 aliphatic heterocycles. The van der Waals surface area contributed by atoms with Crippen LogP contribution < -0.4 is 4.74 Å². The van der Waals surface area contributed by atoms with Crippen molar-refractivity contribution in [2.24, 2.45) is 0 Å². The number of aromatic nitrogens is 1. The Kier molecular flexibility index (Phi) is 3.66. The number of hydrogen-bond acceptors (Lipinski definition) is 2. The van der Waals surface area contributed by atoms with E-state index in [0.29, 0.717) is 0 Å². The summed E-state index contributed by atoms with van der Waals surface area (Å²) in [6, 6.07) is 24.8. The van der Waals surface area contributed by atoms with Gasteiger partial charge in [-0.25, -0.2) is 4.98 Å². The van der Waals surface area contributed by atoms with Gasteiger partial charge in [-0.2, -0.15) is 0 Å². The molecule has 0 aliphatic rings. The fourth-order valence-corrected chi connectivity index (χ4v) is 3.16. The van der Waals surface area contributed by atoms with Crippen LogP contribution >= 0.6 is 0 Å². The zero-order valence-corrected chi connectivity index (χ0v) is 13.9. The van der Waals surface area contributed by atoms with Gasteiger partial charge in [-0.3, -0.25) is 0 Å².